The maximum Gasteiger partial charge on any atom is 0.259 e. The molecule has 0 unspecified atom stereocenters. The molecule has 0 spiro atoms. The van der Waals surface area contributed by atoms with Crippen molar-refractivity contribution < 1.29 is 5.11 Å². The maximum absolute atomic E-state index is 12.1. The summed E-state index contributed by atoms with van der Waals surface area (Å²) in [5, 5.41) is 20.3. The number of piperidine rings is 1. The van der Waals surface area contributed by atoms with E-state index >= 15 is 0 Å². The largest absolute Gasteiger partial charge is 0.509 e. The molecule has 1 fully saturated rings. The van der Waals surface area contributed by atoms with Crippen LogP contribution in [0.15, 0.2) is 34.8 Å². The molecule has 0 radical (unpaired) electrons. The molecule has 3 rings (SSSR count). The molecule has 0 aliphatic carbocycles. The summed E-state index contributed by atoms with van der Waals surface area (Å²) in [5.74, 6) is 0.760. The highest BCUT2D eigenvalue weighted by Crippen LogP contribution is 2.19. The number of hydrogen-bond acceptors (Lipinski definition) is 5. The van der Waals surface area contributed by atoms with E-state index in [1.165, 1.54) is 0 Å². The normalized spacial score (nSPS) is 17.5. The first-order valence-electron chi connectivity index (χ1n) is 8.12. The van der Waals surface area contributed by atoms with Crippen LogP contribution < -0.4 is 5.56 Å². The van der Waals surface area contributed by atoms with E-state index in [2.05, 4.69) is 21.8 Å². The molecule has 1 aliphatic rings. The molecular formula is C18H20N4O2. The topological polar surface area (TPSA) is 93.0 Å². The van der Waals surface area contributed by atoms with Gasteiger partial charge in [-0.15, -0.1) is 0 Å². The van der Waals surface area contributed by atoms with Crippen LogP contribution in [0, 0.1) is 17.2 Å². The van der Waals surface area contributed by atoms with Crippen LogP contribution in [-0.2, 0) is 0 Å². The van der Waals surface area contributed by atoms with Gasteiger partial charge in [0.05, 0.1) is 17.4 Å². The zero-order valence-electron chi connectivity index (χ0n) is 13.6. The predicted octanol–water partition coefficient (Wildman–Crippen LogP) is 2.45. The number of aromatic amines is 1. The third kappa shape index (κ3) is 3.31. The fraction of sp³-hybridized carbons (Fsp3) is 0.389. The Bertz CT molecular complexity index is 870. The molecule has 0 saturated carbocycles. The van der Waals surface area contributed by atoms with Crippen molar-refractivity contribution in [3.8, 4) is 6.07 Å². The second-order valence-electron chi connectivity index (χ2n) is 6.32. The average Bonchev–Trinajstić information content (AvgIpc) is 2.58. The second-order valence-corrected chi connectivity index (χ2v) is 6.32. The van der Waals surface area contributed by atoms with Crippen LogP contribution in [0.5, 0.6) is 0 Å². The maximum atomic E-state index is 12.1. The molecule has 1 aliphatic heterocycles. The van der Waals surface area contributed by atoms with Gasteiger partial charge in [0.1, 0.15) is 17.4 Å². The molecule has 2 N–H and O–H groups in total. The van der Waals surface area contributed by atoms with Gasteiger partial charge in [0, 0.05) is 0 Å². The summed E-state index contributed by atoms with van der Waals surface area (Å²) >= 11 is 0. The standard InChI is InChI=1S/C18H20N4O2/c1-12-6-8-22(9-7-12)11-16(23)14(10-19)17-20-15-5-3-2-4-13(15)18(24)21-17/h2-5,12,23H,6-9,11H2,1H3,(H,20,21,24). The number of likely N-dealkylation sites (tertiary alicyclic amines) is 1. The number of allylic oxidation sites excluding steroid dienone is 1. The minimum atomic E-state index is -0.317. The number of nitriles is 1. The molecule has 2 aromatic rings. The van der Waals surface area contributed by atoms with Gasteiger partial charge < -0.3 is 10.1 Å². The minimum Gasteiger partial charge on any atom is -0.509 e. The van der Waals surface area contributed by atoms with E-state index < -0.39 is 0 Å². The predicted molar refractivity (Wildman–Crippen MR) is 92.4 cm³/mol. The minimum absolute atomic E-state index is 0.0245. The number of para-hydroxylation sites is 1. The van der Waals surface area contributed by atoms with Crippen molar-refractivity contribution in [2.24, 2.45) is 5.92 Å². The summed E-state index contributed by atoms with van der Waals surface area (Å²) in [5.41, 5.74) is 0.211. The molecule has 6 nitrogen and oxygen atoms in total. The average molecular weight is 324 g/mol. The van der Waals surface area contributed by atoms with Gasteiger partial charge in [-0.05, 0) is 44.0 Å². The number of aliphatic hydroxyl groups is 1. The number of nitrogens with zero attached hydrogens (tertiary/aromatic N) is 3. The zero-order chi connectivity index (χ0) is 17.1. The lowest BCUT2D eigenvalue weighted by atomic mass is 9.99. The van der Waals surface area contributed by atoms with Gasteiger partial charge in [-0.25, -0.2) is 4.98 Å². The fourth-order valence-corrected chi connectivity index (χ4v) is 2.97. The quantitative estimate of drug-likeness (QED) is 0.668. The van der Waals surface area contributed by atoms with E-state index in [1.54, 1.807) is 24.3 Å². The zero-order valence-corrected chi connectivity index (χ0v) is 13.6. The number of aromatic nitrogens is 2. The van der Waals surface area contributed by atoms with Gasteiger partial charge in [-0.3, -0.25) is 9.69 Å². The Morgan fingerprint density at radius 3 is 2.83 bits per heavy atom. The van der Waals surface area contributed by atoms with Crippen LogP contribution in [0.2, 0.25) is 0 Å². The Hall–Kier alpha value is -2.65. The molecule has 2 heterocycles. The van der Waals surface area contributed by atoms with Crippen LogP contribution in [-0.4, -0.2) is 39.6 Å². The van der Waals surface area contributed by atoms with Crippen LogP contribution in [0.3, 0.4) is 0 Å². The number of aliphatic hydroxyl groups excluding tert-OH is 1. The third-order valence-corrected chi connectivity index (χ3v) is 4.50. The van der Waals surface area contributed by atoms with Gasteiger partial charge in [-0.2, -0.15) is 5.26 Å². The molecule has 6 heteroatoms. The highest BCUT2D eigenvalue weighted by atomic mass is 16.3. The summed E-state index contributed by atoms with van der Waals surface area (Å²) in [7, 11) is 0. The van der Waals surface area contributed by atoms with Gasteiger partial charge in [0.25, 0.3) is 5.56 Å². The van der Waals surface area contributed by atoms with E-state index in [0.29, 0.717) is 23.4 Å². The van der Waals surface area contributed by atoms with Crippen LogP contribution in [0.4, 0.5) is 0 Å². The van der Waals surface area contributed by atoms with Crippen molar-refractivity contribution >= 4 is 16.5 Å². The summed E-state index contributed by atoms with van der Waals surface area (Å²) in [6, 6.07) is 8.91. The summed E-state index contributed by atoms with van der Waals surface area (Å²) in [6.45, 7) is 4.31. The Balaban J connectivity index is 1.93. The first-order valence-corrected chi connectivity index (χ1v) is 8.12. The number of H-pyrrole nitrogens is 1. The summed E-state index contributed by atoms with van der Waals surface area (Å²) in [6.07, 6.45) is 2.17. The van der Waals surface area contributed by atoms with E-state index in [4.69, 9.17) is 0 Å². The first-order chi connectivity index (χ1) is 11.6. The molecule has 1 saturated heterocycles. The number of fused-ring (bicyclic) bond motifs is 1. The van der Waals surface area contributed by atoms with E-state index in [1.807, 2.05) is 6.07 Å². The highest BCUT2D eigenvalue weighted by Gasteiger charge is 2.19. The molecule has 0 atom stereocenters. The van der Waals surface area contributed by atoms with Crippen LogP contribution in [0.25, 0.3) is 16.5 Å². The molecule has 24 heavy (non-hydrogen) atoms. The Morgan fingerprint density at radius 2 is 2.12 bits per heavy atom. The lowest BCUT2D eigenvalue weighted by Crippen LogP contribution is -2.34. The monoisotopic (exact) mass is 324 g/mol. The van der Waals surface area contributed by atoms with Crippen molar-refractivity contribution in [1.29, 1.82) is 5.26 Å². The van der Waals surface area contributed by atoms with E-state index in [0.717, 1.165) is 25.9 Å². The Labute approximate surface area is 140 Å². The number of rotatable bonds is 3. The van der Waals surface area contributed by atoms with E-state index in [9.17, 15) is 15.2 Å². The second kappa shape index (κ2) is 6.85. The van der Waals surface area contributed by atoms with Crippen LogP contribution >= 0.6 is 0 Å². The summed E-state index contributed by atoms with van der Waals surface area (Å²) in [4.78, 5) is 21.2. The Kier molecular flexibility index (Phi) is 4.63. The molecular weight excluding hydrogens is 304 g/mol. The molecule has 1 aromatic carbocycles. The smallest absolute Gasteiger partial charge is 0.259 e. The lowest BCUT2D eigenvalue weighted by molar-refractivity contribution is 0.185. The lowest BCUT2D eigenvalue weighted by Gasteiger charge is -2.29. The fourth-order valence-electron chi connectivity index (χ4n) is 2.97. The van der Waals surface area contributed by atoms with Gasteiger partial charge >= 0.3 is 0 Å². The SMILES string of the molecule is CC1CCN(CC(O)=C(C#N)c2nc3ccccc3c(=O)[nH]2)CC1. The third-order valence-electron chi connectivity index (χ3n) is 4.50. The van der Waals surface area contributed by atoms with Gasteiger partial charge in [0.2, 0.25) is 0 Å². The molecule has 0 amide bonds. The van der Waals surface area contributed by atoms with Gasteiger partial charge in [-0.1, -0.05) is 19.1 Å². The highest BCUT2D eigenvalue weighted by molar-refractivity contribution is 5.81. The number of nitrogens with one attached hydrogen (secondary N) is 1. The summed E-state index contributed by atoms with van der Waals surface area (Å²) < 4.78 is 0. The number of hydrogen-bond donors (Lipinski definition) is 2. The van der Waals surface area contributed by atoms with Crippen molar-refractivity contribution in [1.82, 2.24) is 14.9 Å². The van der Waals surface area contributed by atoms with Crippen molar-refractivity contribution in [3.05, 3.63) is 46.2 Å². The van der Waals surface area contributed by atoms with Crippen molar-refractivity contribution in [2.45, 2.75) is 19.8 Å². The molecule has 124 valence electrons. The number of benzene rings is 1. The molecule has 1 aromatic heterocycles. The molecule has 0 bridgehead atoms. The van der Waals surface area contributed by atoms with Crippen molar-refractivity contribution in [3.63, 3.8) is 0 Å². The first kappa shape index (κ1) is 16.2. The van der Waals surface area contributed by atoms with Crippen molar-refractivity contribution in [2.75, 3.05) is 19.6 Å². The van der Waals surface area contributed by atoms with Crippen LogP contribution in [0.1, 0.15) is 25.6 Å². The van der Waals surface area contributed by atoms with Gasteiger partial charge in [0.15, 0.2) is 5.82 Å². The van der Waals surface area contributed by atoms with E-state index in [-0.39, 0.29) is 22.7 Å². The Morgan fingerprint density at radius 1 is 1.42 bits per heavy atom.